The minimum atomic E-state index is -3.48. The van der Waals surface area contributed by atoms with Gasteiger partial charge in [-0.1, -0.05) is 12.1 Å². The average molecular weight is 407 g/mol. The van der Waals surface area contributed by atoms with Crippen molar-refractivity contribution in [3.63, 3.8) is 0 Å². The molecule has 0 saturated heterocycles. The largest absolute Gasteiger partial charge is 0.457 e. The topological polar surface area (TPSA) is 94.5 Å². The smallest absolute Gasteiger partial charge is 0.306 e. The van der Waals surface area contributed by atoms with E-state index in [9.17, 15) is 18.0 Å². The molecule has 0 amide bonds. The molecule has 0 saturated carbocycles. The van der Waals surface area contributed by atoms with Gasteiger partial charge in [-0.05, 0) is 58.0 Å². The van der Waals surface area contributed by atoms with E-state index < -0.39 is 16.0 Å². The highest BCUT2D eigenvalue weighted by Crippen LogP contribution is 2.16. The number of ketones is 1. The quantitative estimate of drug-likeness (QED) is 0.510. The SMILES string of the molecule is CCn1c(C)cc(C(=O)COC(=O)CCc2ccc(S(=O)(=O)NC)cc2)c1C. The first kappa shape index (κ1) is 21.8. The van der Waals surface area contributed by atoms with Crippen LogP contribution in [0.2, 0.25) is 0 Å². The molecule has 0 aliphatic heterocycles. The van der Waals surface area contributed by atoms with Gasteiger partial charge in [0.1, 0.15) is 0 Å². The third-order valence-corrected chi connectivity index (χ3v) is 6.10. The summed E-state index contributed by atoms with van der Waals surface area (Å²) in [5.74, 6) is -0.688. The number of esters is 1. The lowest BCUT2D eigenvalue weighted by atomic mass is 10.1. The Morgan fingerprint density at radius 1 is 1.14 bits per heavy atom. The van der Waals surface area contributed by atoms with E-state index in [0.717, 1.165) is 23.5 Å². The van der Waals surface area contributed by atoms with Crippen LogP contribution in [-0.4, -0.2) is 38.4 Å². The second kappa shape index (κ2) is 9.16. The normalized spacial score (nSPS) is 11.4. The summed E-state index contributed by atoms with van der Waals surface area (Å²) < 4.78 is 32.8. The first-order chi connectivity index (χ1) is 13.2. The van der Waals surface area contributed by atoms with Gasteiger partial charge in [-0.2, -0.15) is 0 Å². The van der Waals surface area contributed by atoms with Gasteiger partial charge in [-0.25, -0.2) is 13.1 Å². The molecule has 0 aliphatic carbocycles. The van der Waals surface area contributed by atoms with Gasteiger partial charge < -0.3 is 9.30 Å². The molecule has 2 aromatic rings. The first-order valence-electron chi connectivity index (χ1n) is 9.07. The summed E-state index contributed by atoms with van der Waals surface area (Å²) in [6.45, 7) is 6.32. The molecule has 0 unspecified atom stereocenters. The van der Waals surface area contributed by atoms with Crippen LogP contribution < -0.4 is 4.72 Å². The van der Waals surface area contributed by atoms with Crippen molar-refractivity contribution >= 4 is 21.8 Å². The molecule has 7 nitrogen and oxygen atoms in total. The lowest BCUT2D eigenvalue weighted by Crippen LogP contribution is -2.18. The van der Waals surface area contributed by atoms with Gasteiger partial charge >= 0.3 is 5.97 Å². The van der Waals surface area contributed by atoms with Crippen LogP contribution in [0.15, 0.2) is 35.2 Å². The molecule has 0 atom stereocenters. The molecule has 8 heteroatoms. The number of rotatable bonds is 9. The first-order valence-corrected chi connectivity index (χ1v) is 10.6. The Labute approximate surface area is 165 Å². The third-order valence-electron chi connectivity index (χ3n) is 4.67. The van der Waals surface area contributed by atoms with E-state index in [0.29, 0.717) is 12.0 Å². The Hall–Kier alpha value is -2.45. The Kier molecular flexibility index (Phi) is 7.15. The molecular formula is C20H26N2O5S. The Morgan fingerprint density at radius 2 is 1.79 bits per heavy atom. The molecule has 0 fully saturated rings. The van der Waals surface area contributed by atoms with Gasteiger partial charge in [-0.15, -0.1) is 0 Å². The number of Topliss-reactive ketones (excluding diaryl/α,β-unsaturated/α-hetero) is 1. The van der Waals surface area contributed by atoms with Crippen LogP contribution in [0.1, 0.15) is 40.7 Å². The Morgan fingerprint density at radius 3 is 2.32 bits per heavy atom. The van der Waals surface area contributed by atoms with Crippen LogP contribution in [0.25, 0.3) is 0 Å². The highest BCUT2D eigenvalue weighted by molar-refractivity contribution is 7.89. The van der Waals surface area contributed by atoms with Gasteiger partial charge in [0.2, 0.25) is 15.8 Å². The number of hydrogen-bond acceptors (Lipinski definition) is 5. The summed E-state index contributed by atoms with van der Waals surface area (Å²) >= 11 is 0. The number of carbonyl (C=O) groups excluding carboxylic acids is 2. The van der Waals surface area contributed by atoms with Crippen molar-refractivity contribution in [1.29, 1.82) is 0 Å². The van der Waals surface area contributed by atoms with E-state index in [4.69, 9.17) is 4.74 Å². The monoisotopic (exact) mass is 406 g/mol. The summed E-state index contributed by atoms with van der Waals surface area (Å²) in [6, 6.07) is 8.10. The van der Waals surface area contributed by atoms with Crippen molar-refractivity contribution in [2.24, 2.45) is 0 Å². The van der Waals surface area contributed by atoms with Crippen molar-refractivity contribution < 1.29 is 22.7 Å². The fraction of sp³-hybridized carbons (Fsp3) is 0.400. The van der Waals surface area contributed by atoms with Crippen molar-refractivity contribution in [3.05, 3.63) is 52.8 Å². The molecule has 28 heavy (non-hydrogen) atoms. The maximum Gasteiger partial charge on any atom is 0.306 e. The summed E-state index contributed by atoms with van der Waals surface area (Å²) in [7, 11) is -2.13. The molecule has 1 aromatic carbocycles. The van der Waals surface area contributed by atoms with Crippen LogP contribution in [0.3, 0.4) is 0 Å². The van der Waals surface area contributed by atoms with Crippen LogP contribution in [0.4, 0.5) is 0 Å². The molecule has 0 radical (unpaired) electrons. The highest BCUT2D eigenvalue weighted by Gasteiger charge is 2.17. The Bertz CT molecular complexity index is 959. The predicted octanol–water partition coefficient (Wildman–Crippen LogP) is 2.39. The minimum absolute atomic E-state index is 0.111. The van der Waals surface area contributed by atoms with Crippen molar-refractivity contribution in [1.82, 2.24) is 9.29 Å². The number of aromatic nitrogens is 1. The van der Waals surface area contributed by atoms with Gasteiger partial charge in [0, 0.05) is 29.9 Å². The number of nitrogens with zero attached hydrogens (tertiary/aromatic N) is 1. The van der Waals surface area contributed by atoms with E-state index in [2.05, 4.69) is 4.72 Å². The fourth-order valence-electron chi connectivity index (χ4n) is 3.07. The fourth-order valence-corrected chi connectivity index (χ4v) is 3.80. The number of sulfonamides is 1. The average Bonchev–Trinajstić information content (AvgIpc) is 2.98. The molecule has 0 aliphatic rings. The van der Waals surface area contributed by atoms with Crippen molar-refractivity contribution in [2.45, 2.75) is 45.1 Å². The van der Waals surface area contributed by atoms with Crippen molar-refractivity contribution in [2.75, 3.05) is 13.7 Å². The lowest BCUT2D eigenvalue weighted by molar-refractivity contribution is -0.142. The zero-order valence-corrected chi connectivity index (χ0v) is 17.4. The van der Waals surface area contributed by atoms with Crippen LogP contribution >= 0.6 is 0 Å². The zero-order valence-electron chi connectivity index (χ0n) is 16.6. The van der Waals surface area contributed by atoms with E-state index in [1.165, 1.54) is 19.2 Å². The maximum absolute atomic E-state index is 12.3. The molecule has 1 N–H and O–H groups in total. The number of nitrogens with one attached hydrogen (secondary N) is 1. The van der Waals surface area contributed by atoms with E-state index in [-0.39, 0.29) is 23.7 Å². The van der Waals surface area contributed by atoms with Gasteiger partial charge in [0.25, 0.3) is 0 Å². The molecule has 1 heterocycles. The minimum Gasteiger partial charge on any atom is -0.457 e. The number of carbonyl (C=O) groups is 2. The predicted molar refractivity (Wildman–Crippen MR) is 106 cm³/mol. The summed E-state index contributed by atoms with van der Waals surface area (Å²) in [5.41, 5.74) is 3.26. The van der Waals surface area contributed by atoms with E-state index >= 15 is 0 Å². The number of benzene rings is 1. The number of aryl methyl sites for hydroxylation is 2. The summed E-state index contributed by atoms with van der Waals surface area (Å²) in [4.78, 5) is 24.4. The van der Waals surface area contributed by atoms with E-state index in [1.807, 2.05) is 31.4 Å². The molecule has 2 rings (SSSR count). The van der Waals surface area contributed by atoms with E-state index in [1.54, 1.807) is 12.1 Å². The van der Waals surface area contributed by atoms with Crippen LogP contribution in [0.5, 0.6) is 0 Å². The zero-order chi connectivity index (χ0) is 20.9. The van der Waals surface area contributed by atoms with Crippen LogP contribution in [-0.2, 0) is 32.5 Å². The molecule has 1 aromatic heterocycles. The second-order valence-corrected chi connectivity index (χ2v) is 8.35. The molecule has 0 bridgehead atoms. The van der Waals surface area contributed by atoms with Gasteiger partial charge in [0.05, 0.1) is 4.90 Å². The highest BCUT2D eigenvalue weighted by atomic mass is 32.2. The maximum atomic E-state index is 12.3. The lowest BCUT2D eigenvalue weighted by Gasteiger charge is -2.07. The van der Waals surface area contributed by atoms with Crippen molar-refractivity contribution in [3.8, 4) is 0 Å². The van der Waals surface area contributed by atoms with Crippen LogP contribution in [0, 0.1) is 13.8 Å². The number of hydrogen-bond donors (Lipinski definition) is 1. The van der Waals surface area contributed by atoms with Gasteiger partial charge in [-0.3, -0.25) is 9.59 Å². The standard InChI is InChI=1S/C20H26N2O5S/c1-5-22-14(2)12-18(15(22)3)19(23)13-27-20(24)11-8-16-6-9-17(10-7-16)28(25,26)21-4/h6-7,9-10,12,21H,5,8,11,13H2,1-4H3. The number of ether oxygens (including phenoxy) is 1. The summed E-state index contributed by atoms with van der Waals surface area (Å²) in [6.07, 6.45) is 0.511. The third kappa shape index (κ3) is 5.08. The second-order valence-electron chi connectivity index (χ2n) is 6.46. The molecule has 152 valence electrons. The summed E-state index contributed by atoms with van der Waals surface area (Å²) in [5, 5.41) is 0. The molecular weight excluding hydrogens is 380 g/mol. The Balaban J connectivity index is 1.87. The molecule has 0 spiro atoms. The van der Waals surface area contributed by atoms with Gasteiger partial charge in [0.15, 0.2) is 6.61 Å².